The van der Waals surface area contributed by atoms with E-state index >= 15 is 0 Å². The molecule has 14 atom stereocenters. The number of piperidine rings is 1. The minimum absolute atomic E-state index is 0.0274. The van der Waals surface area contributed by atoms with E-state index in [0.29, 0.717) is 182 Å². The highest BCUT2D eigenvalue weighted by Gasteiger charge is 2.53. The summed E-state index contributed by atoms with van der Waals surface area (Å²) in [5.41, 5.74) is 14.8. The summed E-state index contributed by atoms with van der Waals surface area (Å²) < 4.78 is 54.8. The number of H-pyrrole nitrogens is 1. The van der Waals surface area contributed by atoms with Gasteiger partial charge < -0.3 is 98.9 Å². The Labute approximate surface area is 786 Å². The van der Waals surface area contributed by atoms with Gasteiger partial charge in [0.05, 0.1) is 114 Å². The molecule has 2 unspecified atom stereocenters. The second-order valence-corrected chi connectivity index (χ2v) is 36.3. The number of nitrogens with zero attached hydrogens (tertiary/aromatic N) is 13. The van der Waals surface area contributed by atoms with Gasteiger partial charge in [0.2, 0.25) is 23.6 Å². The standard InChI is InChI=1S/C98H131N17O20/c1-61-14-10-9-11-15-62(2)83(127-7)48-77-22-17-66(6)98(126,135-77)88(121)93(123)114-30-13-12-16-78(114)94(124)133-76(47-79(117)64(4)43-65(5)81(119)49-80(118)63(3)42-61)23-19-67-20-24-82(84(45-67)128-8)134-97(125)107-52-69-50-103-96(104-51-69)113-33-32-112(58-75(113)59-116)95-105-54-74(55-106-95)92(122)101-29-35-130-37-39-132-41-40-131-38-36-129-34-27-85(120)111-31-26-70-44-68(18-21-72(70)57-111)56-115-91-86(89(99)108-60-109-91)87(110-115)73-46-71-25-28-100-90(71)102-53-73/h9-11,14-15,18,21,25,28,43-44,46,50-51,53-55,60-61,63-64,66-67,75-78,81-84,116,119,126H,12-13,16-17,19-20,22-24,26-27,29-42,45,47-49,52,56-59H2,1-8H3,(H,100,102)(H,101,122)(H,107,125)(H2,99,108,109)/b11-9?,14-10+,62-15?,65-43+/t61-,63-,64-,66-,67-,75?,76-,77?,78+,81+,82-,83+,84-,98-/m1/s1. The van der Waals surface area contributed by atoms with E-state index in [0.717, 1.165) is 39.7 Å². The van der Waals surface area contributed by atoms with Crippen molar-refractivity contribution in [3.63, 3.8) is 0 Å². The first-order chi connectivity index (χ1) is 65.2. The van der Waals surface area contributed by atoms with E-state index in [4.69, 9.17) is 53.5 Å². The number of methoxy groups -OCH3 is 2. The van der Waals surface area contributed by atoms with Crippen molar-refractivity contribution in [1.29, 1.82) is 0 Å². The number of aliphatic hydroxyl groups excluding tert-OH is 2. The van der Waals surface area contributed by atoms with Gasteiger partial charge in [-0.25, -0.2) is 49.2 Å². The number of benzene rings is 1. The zero-order chi connectivity index (χ0) is 95.7. The van der Waals surface area contributed by atoms with Gasteiger partial charge in [-0.15, -0.1) is 0 Å². The van der Waals surface area contributed by atoms with Gasteiger partial charge in [0.25, 0.3) is 17.6 Å². The Morgan fingerprint density at radius 3 is 2.21 bits per heavy atom. The van der Waals surface area contributed by atoms with Crippen LogP contribution >= 0.6 is 0 Å². The molecule has 37 nitrogen and oxygen atoms in total. The molecule has 3 saturated heterocycles. The largest absolute Gasteiger partial charge is 0.460 e. The Morgan fingerprint density at radius 2 is 1.46 bits per heavy atom. The van der Waals surface area contributed by atoms with E-state index in [1.54, 1.807) is 59.7 Å². The Kier molecular flexibility index (Phi) is 36.7. The van der Waals surface area contributed by atoms with Crippen LogP contribution in [0.25, 0.3) is 33.3 Å². The van der Waals surface area contributed by atoms with Gasteiger partial charge in [0.15, 0.2) is 5.65 Å². The lowest BCUT2D eigenvalue weighted by Crippen LogP contribution is -2.60. The highest BCUT2D eigenvalue weighted by atomic mass is 16.6. The summed E-state index contributed by atoms with van der Waals surface area (Å²) in [5.74, 6) is -7.01. The molecule has 1 saturated carbocycles. The number of fused-ring (bicyclic) bond motifs is 6. The SMILES string of the molecule is CO[C@H]1CC2CC[C@@H](C)[C@@](O)(O2)C(=O)C(=O)N2CCCC[C@H]2C(=O)O[C@H](CC[C@@H]2CC[C@@H](OC(=O)NCc3cnc(N4CCN(c5ncc(C(=O)NCCOCCOCCOCCOCCC(=O)N6CCc7cc(Cn8nc(-c9cnc%10[nH]ccc%10c9)c9c(N)ncnc98)ccc7C6)cn5)CC4CO)nc3)[C@H](OC)C2)CC(=O)[C@H](C)/C=C(\C)[C@@H](O)CC(=O)[C@H](C)C[C@H](C)/C=C/C=CC=C1C. The number of hydrogen-bond acceptors (Lipinski definition) is 31. The van der Waals surface area contributed by atoms with Crippen molar-refractivity contribution in [3.05, 3.63) is 149 Å². The number of amides is 4. The number of allylic oxidation sites excluding steroid dienone is 6. The molecule has 4 fully saturated rings. The number of Topliss-reactive ketones (excluding diaryl/α,β-unsaturated/α-hetero) is 3. The molecule has 0 radical (unpaired) electrons. The number of ketones is 3. The minimum atomic E-state index is -2.48. The number of carbonyl (C=O) groups excluding carboxylic acids is 8. The zero-order valence-electron chi connectivity index (χ0n) is 78.6. The third kappa shape index (κ3) is 27.1. The van der Waals surface area contributed by atoms with E-state index in [1.807, 2.05) is 88.9 Å². The first kappa shape index (κ1) is 101. The summed E-state index contributed by atoms with van der Waals surface area (Å²) >= 11 is 0. The molecule has 6 aliphatic rings. The number of piperazine rings is 1. The number of aromatic amines is 1. The number of rotatable bonds is 30. The molecule has 8 N–H and O–H groups in total. The van der Waals surface area contributed by atoms with Crippen molar-refractivity contribution in [2.75, 3.05) is 128 Å². The fourth-order valence-corrected chi connectivity index (χ4v) is 18.5. The number of hydrogen-bond donors (Lipinski definition) is 7. The van der Waals surface area contributed by atoms with E-state index in [2.05, 4.69) is 68.7 Å². The monoisotopic (exact) mass is 1870 g/mol. The first-order valence-electron chi connectivity index (χ1n) is 47.3. The van der Waals surface area contributed by atoms with Crippen LogP contribution in [0.5, 0.6) is 0 Å². The fourth-order valence-electron chi connectivity index (χ4n) is 18.5. The number of cyclic esters (lactones) is 1. The van der Waals surface area contributed by atoms with E-state index in [9.17, 15) is 53.7 Å². The Hall–Kier alpha value is -11.3. The van der Waals surface area contributed by atoms with Crippen molar-refractivity contribution in [2.45, 2.75) is 218 Å². The number of esters is 1. The van der Waals surface area contributed by atoms with Crippen molar-refractivity contribution in [3.8, 4) is 11.3 Å². The molecule has 37 heteroatoms. The number of nitrogen functional groups attached to an aromatic ring is 1. The zero-order valence-corrected chi connectivity index (χ0v) is 78.6. The number of alkyl carbamates (subject to hydrolysis) is 1. The molecule has 135 heavy (non-hydrogen) atoms. The van der Waals surface area contributed by atoms with Crippen LogP contribution in [0.2, 0.25) is 0 Å². The summed E-state index contributed by atoms with van der Waals surface area (Å²) in [6, 6.07) is 8.66. The van der Waals surface area contributed by atoms with E-state index in [-0.39, 0.29) is 125 Å². The Morgan fingerprint density at radius 1 is 0.704 bits per heavy atom. The van der Waals surface area contributed by atoms with Crippen LogP contribution in [-0.4, -0.2) is 289 Å². The number of ether oxygens (including phenoxy) is 9. The molecule has 11 heterocycles. The summed E-state index contributed by atoms with van der Waals surface area (Å²) in [6.45, 7) is 16.3. The highest BCUT2D eigenvalue weighted by molar-refractivity contribution is 6.39. The van der Waals surface area contributed by atoms with Gasteiger partial charge in [-0.2, -0.15) is 5.10 Å². The van der Waals surface area contributed by atoms with Crippen molar-refractivity contribution >= 4 is 86.9 Å². The molecule has 6 aromatic heterocycles. The molecule has 2 bridgehead atoms. The summed E-state index contributed by atoms with van der Waals surface area (Å²) in [7, 11) is 3.11. The van der Waals surface area contributed by atoms with Crippen LogP contribution in [-0.2, 0) is 97.5 Å². The Balaban J connectivity index is 0.493. The molecule has 1 aromatic carbocycles. The molecule has 1 aliphatic carbocycles. The maximum Gasteiger partial charge on any atom is 0.407 e. The number of aromatic nitrogens is 10. The maximum absolute atomic E-state index is 14.6. The van der Waals surface area contributed by atoms with Crippen LogP contribution in [0.4, 0.5) is 22.5 Å². The van der Waals surface area contributed by atoms with Crippen molar-refractivity contribution in [1.82, 2.24) is 70.1 Å². The van der Waals surface area contributed by atoms with Gasteiger partial charge >= 0.3 is 12.1 Å². The van der Waals surface area contributed by atoms with Crippen molar-refractivity contribution < 1.29 is 96.3 Å². The summed E-state index contributed by atoms with van der Waals surface area (Å²) in [4.78, 5) is 153. The smallest absolute Gasteiger partial charge is 0.407 e. The predicted molar refractivity (Wildman–Crippen MR) is 500 cm³/mol. The van der Waals surface area contributed by atoms with E-state index in [1.165, 1.54) is 29.2 Å². The number of pyridine rings is 1. The van der Waals surface area contributed by atoms with Gasteiger partial charge in [-0.05, 0) is 143 Å². The number of nitrogens with two attached hydrogens (primary N) is 1. The highest BCUT2D eigenvalue weighted by Crippen LogP contribution is 2.39. The van der Waals surface area contributed by atoms with Crippen LogP contribution < -0.4 is 26.2 Å². The second kappa shape index (κ2) is 49.0. The third-order valence-corrected chi connectivity index (χ3v) is 26.6. The topological polar surface area (TPSA) is 467 Å². The number of nitrogens with one attached hydrogen (secondary N) is 3. The fraction of sp³-hybridized carbons (Fsp3) is 0.571. The van der Waals surface area contributed by atoms with Gasteiger partial charge in [0, 0.05) is 157 Å². The van der Waals surface area contributed by atoms with E-state index < -0.39 is 90.1 Å². The average molecular weight is 1870 g/mol. The molecule has 13 rings (SSSR count). The van der Waals surface area contributed by atoms with Gasteiger partial charge in [-0.1, -0.05) is 82.4 Å². The number of anilines is 3. The molecule has 5 aliphatic heterocycles. The number of aliphatic hydroxyl groups is 3. The molecule has 728 valence electrons. The van der Waals surface area contributed by atoms with Crippen LogP contribution in [0.15, 0.2) is 121 Å². The quantitative estimate of drug-likeness (QED) is 0.00958. The van der Waals surface area contributed by atoms with Gasteiger partial charge in [0.1, 0.15) is 53.3 Å². The normalized spacial score (nSPS) is 25.8. The molecular formula is C98H131N17O20. The molecule has 0 spiro atoms. The maximum atomic E-state index is 14.6. The summed E-state index contributed by atoms with van der Waals surface area (Å²) in [5, 5.41) is 46.2. The Bertz CT molecular complexity index is 5320. The number of carbonyl (C=O) groups is 8. The predicted octanol–water partition coefficient (Wildman–Crippen LogP) is 8.60. The lowest BCUT2D eigenvalue weighted by atomic mass is 9.81. The minimum Gasteiger partial charge on any atom is -0.460 e. The van der Waals surface area contributed by atoms with Crippen LogP contribution in [0.3, 0.4) is 0 Å². The molecule has 7 aromatic rings. The third-order valence-electron chi connectivity index (χ3n) is 26.6. The second-order valence-electron chi connectivity index (χ2n) is 36.3. The lowest BCUT2D eigenvalue weighted by molar-refractivity contribution is -0.265. The molecule has 4 amide bonds. The van der Waals surface area contributed by atoms with Crippen LogP contribution in [0, 0.1) is 29.6 Å². The average Bonchev–Trinajstić information content (AvgIpc) is 1.10. The van der Waals surface area contributed by atoms with Crippen LogP contribution in [0.1, 0.15) is 170 Å². The van der Waals surface area contributed by atoms with Crippen molar-refractivity contribution in [2.24, 2.45) is 29.6 Å². The summed E-state index contributed by atoms with van der Waals surface area (Å²) in [6.07, 6.45) is 23.0. The van der Waals surface area contributed by atoms with Gasteiger partial charge in [-0.3, -0.25) is 28.8 Å². The lowest BCUT2D eigenvalue weighted by Gasteiger charge is -2.42. The molecular weight excluding hydrogens is 1740 g/mol. The first-order valence-corrected chi connectivity index (χ1v) is 47.3.